The van der Waals surface area contributed by atoms with Gasteiger partial charge in [0.2, 0.25) is 11.8 Å². The molecular formula is C24H34Li4N7O19P3S. The molecule has 0 aliphatic carbocycles. The Labute approximate surface area is 381 Å². The summed E-state index contributed by atoms with van der Waals surface area (Å²) in [6.45, 7) is -0.268. The number of aliphatic carboxylic acids is 1. The predicted octanol–water partition coefficient (Wildman–Crippen LogP) is -16.4. The number of aromatic nitrogens is 4. The Morgan fingerprint density at radius 1 is 1.02 bits per heavy atom. The second kappa shape index (κ2) is 25.5. The van der Waals surface area contributed by atoms with Crippen molar-refractivity contribution < 1.29 is 166 Å². The van der Waals surface area contributed by atoms with Gasteiger partial charge in [0.15, 0.2) is 22.8 Å². The van der Waals surface area contributed by atoms with Crippen molar-refractivity contribution in [1.29, 1.82) is 0 Å². The number of nitrogen functional groups attached to an aromatic ring is 1. The number of hydrogen-bond acceptors (Lipinski definition) is 23. The number of nitrogens with one attached hydrogen (secondary N) is 2. The molecule has 1 aliphatic rings. The zero-order valence-electron chi connectivity index (χ0n) is 32.0. The number of amides is 2. The van der Waals surface area contributed by atoms with Crippen molar-refractivity contribution in [2.75, 3.05) is 37.8 Å². The number of carbonyl (C=O) groups excluding carboxylic acids is 3. The fourth-order valence-corrected chi connectivity index (χ4v) is 7.84. The molecule has 1 aliphatic heterocycles. The first-order valence-electron chi connectivity index (χ1n) is 15.1. The van der Waals surface area contributed by atoms with Crippen molar-refractivity contribution in [3.63, 3.8) is 0 Å². The van der Waals surface area contributed by atoms with Gasteiger partial charge >= 0.3 is 81.4 Å². The maximum atomic E-state index is 12.5. The second-order valence-electron chi connectivity index (χ2n) is 11.8. The van der Waals surface area contributed by atoms with Crippen LogP contribution < -0.4 is 111 Å². The summed E-state index contributed by atoms with van der Waals surface area (Å²) < 4.78 is 60.2. The molecule has 0 bridgehead atoms. The second-order valence-corrected chi connectivity index (χ2v) is 17.0. The Morgan fingerprint density at radius 3 is 2.24 bits per heavy atom. The van der Waals surface area contributed by atoms with Crippen molar-refractivity contribution >= 4 is 75.1 Å². The predicted molar refractivity (Wildman–Crippen MR) is 170 cm³/mol. The Hall–Kier alpha value is -0.580. The number of imidazole rings is 1. The van der Waals surface area contributed by atoms with Gasteiger partial charge in [-0.05, 0) is 0 Å². The summed E-state index contributed by atoms with van der Waals surface area (Å²) in [6.07, 6.45) is -8.46. The van der Waals surface area contributed by atoms with E-state index in [1.807, 2.05) is 0 Å². The van der Waals surface area contributed by atoms with Crippen LogP contribution in [-0.4, -0.2) is 114 Å². The van der Waals surface area contributed by atoms with Crippen LogP contribution in [0.4, 0.5) is 5.82 Å². The summed E-state index contributed by atoms with van der Waals surface area (Å²) in [7, 11) is -17.6. The van der Waals surface area contributed by atoms with Crippen molar-refractivity contribution in [3.8, 4) is 0 Å². The molecule has 0 radical (unpaired) electrons. The average molecular weight is 877 g/mol. The maximum Gasteiger partial charge on any atom is 1.00 e. The van der Waals surface area contributed by atoms with Gasteiger partial charge in [0.1, 0.15) is 42.7 Å². The summed E-state index contributed by atoms with van der Waals surface area (Å²) in [5.41, 5.74) is 3.99. The van der Waals surface area contributed by atoms with Crippen molar-refractivity contribution in [3.05, 3.63) is 12.7 Å². The van der Waals surface area contributed by atoms with Crippen LogP contribution in [0, 0.1) is 5.41 Å². The number of aliphatic hydroxyl groups is 2. The van der Waals surface area contributed by atoms with Gasteiger partial charge in [-0.3, -0.25) is 32.9 Å². The smallest absolute Gasteiger partial charge is 0.790 e. The van der Waals surface area contributed by atoms with E-state index < -0.39 is 102 Å². The molecule has 58 heavy (non-hydrogen) atoms. The molecule has 34 heteroatoms. The van der Waals surface area contributed by atoms with Crippen LogP contribution in [0.2, 0.25) is 0 Å². The van der Waals surface area contributed by atoms with E-state index in [1.165, 1.54) is 0 Å². The van der Waals surface area contributed by atoms with Crippen LogP contribution in [0.25, 0.3) is 11.2 Å². The molecule has 7 atom stereocenters. The zero-order valence-corrected chi connectivity index (χ0v) is 35.5. The van der Waals surface area contributed by atoms with Gasteiger partial charge in [0.25, 0.3) is 15.6 Å². The number of phosphoric ester groups is 3. The number of carboxylic acid groups (broad SMARTS) is 1. The van der Waals surface area contributed by atoms with Crippen LogP contribution in [0.1, 0.15) is 32.9 Å². The van der Waals surface area contributed by atoms with E-state index in [-0.39, 0.29) is 118 Å². The van der Waals surface area contributed by atoms with Gasteiger partial charge in [0.05, 0.1) is 27.4 Å². The minimum atomic E-state index is -5.93. The summed E-state index contributed by atoms with van der Waals surface area (Å²) >= 11 is 0.706. The third kappa shape index (κ3) is 18.8. The van der Waals surface area contributed by atoms with E-state index in [1.54, 1.807) is 0 Å². The van der Waals surface area contributed by atoms with Gasteiger partial charge in [-0.15, -0.1) is 0 Å². The summed E-state index contributed by atoms with van der Waals surface area (Å²) in [4.78, 5) is 105. The van der Waals surface area contributed by atoms with Crippen LogP contribution in [0.5, 0.6) is 0 Å². The molecule has 1 saturated heterocycles. The maximum absolute atomic E-state index is 12.5. The average Bonchev–Trinajstić information content (AvgIpc) is 3.60. The quantitative estimate of drug-likeness (QED) is 0.0293. The van der Waals surface area contributed by atoms with E-state index in [0.29, 0.717) is 11.8 Å². The molecule has 3 heterocycles. The Bertz CT molecular complexity index is 1850. The third-order valence-corrected chi connectivity index (χ3v) is 10.9. The summed E-state index contributed by atoms with van der Waals surface area (Å²) in [5.74, 6) is -2.91. The summed E-state index contributed by atoms with van der Waals surface area (Å²) in [5, 5.41) is 33.8. The molecule has 7 unspecified atom stereocenters. The first-order chi connectivity index (χ1) is 24.9. The van der Waals surface area contributed by atoms with E-state index in [4.69, 9.17) is 15.6 Å². The van der Waals surface area contributed by atoms with Gasteiger partial charge in [-0.25, -0.2) is 19.3 Å². The molecule has 2 aromatic heterocycles. The number of nitrogens with zero attached hydrogens (tertiary/aromatic N) is 4. The molecule has 26 nitrogen and oxygen atoms in total. The normalized spacial score (nSPS) is 20.4. The number of phosphoric acid groups is 3. The van der Waals surface area contributed by atoms with Crippen molar-refractivity contribution in [2.45, 2.75) is 57.3 Å². The van der Waals surface area contributed by atoms with Crippen LogP contribution in [0.3, 0.4) is 0 Å². The molecule has 2 aromatic rings. The zero-order chi connectivity index (χ0) is 40.6. The van der Waals surface area contributed by atoms with Crippen molar-refractivity contribution in [2.24, 2.45) is 5.41 Å². The fourth-order valence-electron chi connectivity index (χ4n) is 4.45. The van der Waals surface area contributed by atoms with Gasteiger partial charge in [-0.2, -0.15) is 0 Å². The molecule has 0 spiro atoms. The van der Waals surface area contributed by atoms with Crippen molar-refractivity contribution in [1.82, 2.24) is 30.2 Å². The Balaban J connectivity index is 0. The standard InChI is InChI=1S/C24H38N7O19P3S.4Li/c1-24(2,19(37)22(38)27-4-3-13(32)26-5-6-54-15(35)7-14(33)34)9-47-53(44,45)50-52(42,43)46-8-12-18(49-51(39,40)41)17(36)23(48-12)31-11-30-16-20(25)28-10-29-21(16)31;;;;/h10-12,17-19,23,36-37H,3-9H2,1-2H3,(H,26,32)(H,27,38)(H,33,34)(H,42,43)(H,44,45)(H2,25,28,29)(H2,39,40,41);;;;/q;4*+1/p-4. The number of carboxylic acids is 1. The van der Waals surface area contributed by atoms with E-state index in [9.17, 15) is 62.7 Å². The topological polar surface area (TPSA) is 412 Å². The number of rotatable bonds is 21. The molecule has 1 fully saturated rings. The SMILES string of the molecule is CC(C)(COP(=O)([O-])OP(=O)([O-])OCC1OC(n2cnc3c(N)ncnc32)C(O)C1OP(=O)([O-])[O-])C(O)C(=O)NCCC(=O)NCCSC(=O)CC(=O)O.[Li+].[Li+].[Li+].[Li+]. The van der Waals surface area contributed by atoms with Gasteiger partial charge in [0, 0.05) is 30.7 Å². The molecule has 7 N–H and O–H groups in total. The molecule has 2 amide bonds. The van der Waals surface area contributed by atoms with E-state index in [2.05, 4.69) is 43.5 Å². The summed E-state index contributed by atoms with van der Waals surface area (Å²) in [6, 6.07) is 0. The number of thioether (sulfide) groups is 1. The van der Waals surface area contributed by atoms with Crippen LogP contribution in [-0.2, 0) is 55.5 Å². The monoisotopic (exact) mass is 877 g/mol. The minimum absolute atomic E-state index is 0. The third-order valence-electron chi connectivity index (χ3n) is 7.04. The van der Waals surface area contributed by atoms with E-state index in [0.717, 1.165) is 31.1 Å². The number of hydrogen-bond donors (Lipinski definition) is 6. The first-order valence-corrected chi connectivity index (χ1v) is 20.5. The molecule has 0 saturated carbocycles. The molecule has 304 valence electrons. The molecular weight excluding hydrogens is 843 g/mol. The number of nitrogens with two attached hydrogens (primary N) is 1. The number of anilines is 1. The molecule has 3 rings (SSSR count). The molecule has 0 aromatic carbocycles. The number of carbonyl (C=O) groups is 4. The number of aliphatic hydroxyl groups excluding tert-OH is 2. The number of ether oxygens (including phenoxy) is 1. The largest absolute Gasteiger partial charge is 1.00 e. The van der Waals surface area contributed by atoms with Crippen LogP contribution in [0.15, 0.2) is 12.7 Å². The van der Waals surface area contributed by atoms with E-state index >= 15 is 0 Å². The fraction of sp³-hybridized carbons (Fsp3) is 0.625. The Morgan fingerprint density at radius 2 is 1.64 bits per heavy atom. The number of fused-ring (bicyclic) bond motifs is 1. The van der Waals surface area contributed by atoms with Crippen LogP contribution >= 0.6 is 35.2 Å². The van der Waals surface area contributed by atoms with Gasteiger partial charge in [-0.1, -0.05) is 25.6 Å². The first kappa shape index (κ1) is 59.5. The Kier molecular flexibility index (Phi) is 26.2. The minimum Gasteiger partial charge on any atom is -0.790 e. The van der Waals surface area contributed by atoms with Gasteiger partial charge < -0.3 is 74.1 Å².